The van der Waals surface area contributed by atoms with E-state index in [2.05, 4.69) is 10.6 Å². The standard InChI is InChI=1S/C13H16F2N2O2/c1-2-16-13(19)8-17-12(18)6-4-9-3-5-10(14)11(15)7-9/h3,5,7H,2,4,6,8H2,1H3,(H,16,19)(H,17,18). The molecule has 2 amide bonds. The molecule has 1 aromatic rings. The molecule has 0 aromatic heterocycles. The summed E-state index contributed by atoms with van der Waals surface area (Å²) in [6.45, 7) is 2.21. The van der Waals surface area contributed by atoms with Crippen LogP contribution in [0.3, 0.4) is 0 Å². The Bertz CT molecular complexity index is 464. The zero-order chi connectivity index (χ0) is 14.3. The van der Waals surface area contributed by atoms with Gasteiger partial charge >= 0.3 is 0 Å². The van der Waals surface area contributed by atoms with Crippen LogP contribution in [0, 0.1) is 11.6 Å². The number of rotatable bonds is 6. The van der Waals surface area contributed by atoms with Crippen LogP contribution < -0.4 is 10.6 Å². The summed E-state index contributed by atoms with van der Waals surface area (Å²) in [6.07, 6.45) is 0.406. The molecule has 6 heteroatoms. The number of halogens is 2. The molecule has 0 unspecified atom stereocenters. The molecule has 4 nitrogen and oxygen atoms in total. The van der Waals surface area contributed by atoms with Gasteiger partial charge < -0.3 is 10.6 Å². The van der Waals surface area contributed by atoms with Gasteiger partial charge in [0.05, 0.1) is 6.54 Å². The Morgan fingerprint density at radius 2 is 1.84 bits per heavy atom. The number of likely N-dealkylation sites (N-methyl/N-ethyl adjacent to an activating group) is 1. The van der Waals surface area contributed by atoms with Crippen molar-refractivity contribution in [3.05, 3.63) is 35.4 Å². The topological polar surface area (TPSA) is 58.2 Å². The van der Waals surface area contributed by atoms with E-state index in [0.29, 0.717) is 18.5 Å². The first-order valence-electron chi connectivity index (χ1n) is 6.00. The molecule has 0 spiro atoms. The summed E-state index contributed by atoms with van der Waals surface area (Å²) >= 11 is 0. The van der Waals surface area contributed by atoms with Gasteiger partial charge in [-0.2, -0.15) is 0 Å². The normalized spacial score (nSPS) is 10.1. The zero-order valence-electron chi connectivity index (χ0n) is 10.6. The highest BCUT2D eigenvalue weighted by Crippen LogP contribution is 2.10. The molecule has 0 atom stereocenters. The van der Waals surface area contributed by atoms with Crippen molar-refractivity contribution >= 4 is 11.8 Å². The third kappa shape index (κ3) is 5.46. The number of hydrogen-bond donors (Lipinski definition) is 2. The predicted molar refractivity (Wildman–Crippen MR) is 66.4 cm³/mol. The van der Waals surface area contributed by atoms with Gasteiger partial charge in [-0.3, -0.25) is 9.59 Å². The fourth-order valence-corrected chi connectivity index (χ4v) is 1.48. The molecule has 0 aliphatic heterocycles. The maximum atomic E-state index is 12.9. The van der Waals surface area contributed by atoms with E-state index in [1.54, 1.807) is 6.92 Å². The van der Waals surface area contributed by atoms with Crippen LogP contribution >= 0.6 is 0 Å². The molecule has 0 aliphatic rings. The molecule has 104 valence electrons. The first-order valence-corrected chi connectivity index (χ1v) is 6.00. The van der Waals surface area contributed by atoms with Crippen molar-refractivity contribution in [3.63, 3.8) is 0 Å². The smallest absolute Gasteiger partial charge is 0.239 e. The average Bonchev–Trinajstić information content (AvgIpc) is 2.38. The van der Waals surface area contributed by atoms with Gasteiger partial charge in [0.2, 0.25) is 11.8 Å². The van der Waals surface area contributed by atoms with E-state index in [9.17, 15) is 18.4 Å². The Labute approximate surface area is 110 Å². The van der Waals surface area contributed by atoms with Crippen molar-refractivity contribution in [2.45, 2.75) is 19.8 Å². The van der Waals surface area contributed by atoms with E-state index in [1.165, 1.54) is 6.07 Å². The van der Waals surface area contributed by atoms with Crippen molar-refractivity contribution in [3.8, 4) is 0 Å². The van der Waals surface area contributed by atoms with Crippen LogP contribution in [0.4, 0.5) is 8.78 Å². The van der Waals surface area contributed by atoms with E-state index in [1.807, 2.05) is 0 Å². The molecule has 1 rings (SSSR count). The van der Waals surface area contributed by atoms with Gasteiger partial charge in [0, 0.05) is 13.0 Å². The molecule has 0 heterocycles. The Balaban J connectivity index is 2.33. The molecule has 0 radical (unpaired) electrons. The summed E-state index contributed by atoms with van der Waals surface area (Å²) in [7, 11) is 0. The molecule has 0 fully saturated rings. The monoisotopic (exact) mass is 270 g/mol. The maximum absolute atomic E-state index is 12.9. The van der Waals surface area contributed by atoms with Crippen molar-refractivity contribution in [2.24, 2.45) is 0 Å². The number of carbonyl (C=O) groups excluding carboxylic acids is 2. The second-order valence-electron chi connectivity index (χ2n) is 3.98. The van der Waals surface area contributed by atoms with Crippen LogP contribution in [-0.4, -0.2) is 24.9 Å². The first-order chi connectivity index (χ1) is 9.02. The molecule has 0 saturated carbocycles. The minimum Gasteiger partial charge on any atom is -0.355 e. The Morgan fingerprint density at radius 3 is 2.47 bits per heavy atom. The highest BCUT2D eigenvalue weighted by Gasteiger charge is 2.07. The summed E-state index contributed by atoms with van der Waals surface area (Å²) in [5.41, 5.74) is 0.534. The second kappa shape index (κ2) is 7.45. The lowest BCUT2D eigenvalue weighted by Gasteiger charge is -2.05. The number of amides is 2. The second-order valence-corrected chi connectivity index (χ2v) is 3.98. The van der Waals surface area contributed by atoms with Crippen LogP contribution in [0.25, 0.3) is 0 Å². The Hall–Kier alpha value is -1.98. The summed E-state index contributed by atoms with van der Waals surface area (Å²) < 4.78 is 25.6. The third-order valence-corrected chi connectivity index (χ3v) is 2.44. The molecule has 0 aliphatic carbocycles. The highest BCUT2D eigenvalue weighted by molar-refractivity contribution is 5.84. The van der Waals surface area contributed by atoms with Gasteiger partial charge in [0.25, 0.3) is 0 Å². The number of nitrogens with one attached hydrogen (secondary N) is 2. The average molecular weight is 270 g/mol. The maximum Gasteiger partial charge on any atom is 0.239 e. The minimum atomic E-state index is -0.930. The molecule has 1 aromatic carbocycles. The van der Waals surface area contributed by atoms with Crippen LogP contribution in [0.1, 0.15) is 18.9 Å². The third-order valence-electron chi connectivity index (χ3n) is 2.44. The fraction of sp³-hybridized carbons (Fsp3) is 0.385. The van der Waals surface area contributed by atoms with Crippen LogP contribution in [-0.2, 0) is 16.0 Å². The highest BCUT2D eigenvalue weighted by atomic mass is 19.2. The Morgan fingerprint density at radius 1 is 1.11 bits per heavy atom. The van der Waals surface area contributed by atoms with Crippen LogP contribution in [0.2, 0.25) is 0 Å². The van der Waals surface area contributed by atoms with Gasteiger partial charge in [-0.15, -0.1) is 0 Å². The van der Waals surface area contributed by atoms with E-state index >= 15 is 0 Å². The van der Waals surface area contributed by atoms with Crippen LogP contribution in [0.15, 0.2) is 18.2 Å². The molecule has 0 bridgehead atoms. The van der Waals surface area contributed by atoms with Crippen molar-refractivity contribution in [1.29, 1.82) is 0 Å². The number of benzene rings is 1. The molecular weight excluding hydrogens is 254 g/mol. The van der Waals surface area contributed by atoms with E-state index < -0.39 is 11.6 Å². The lowest BCUT2D eigenvalue weighted by atomic mass is 10.1. The minimum absolute atomic E-state index is 0.0789. The van der Waals surface area contributed by atoms with Crippen molar-refractivity contribution in [1.82, 2.24) is 10.6 Å². The first kappa shape index (κ1) is 15.1. The molecule has 2 N–H and O–H groups in total. The van der Waals surface area contributed by atoms with E-state index in [0.717, 1.165) is 12.1 Å². The van der Waals surface area contributed by atoms with Crippen LogP contribution in [0.5, 0.6) is 0 Å². The van der Waals surface area contributed by atoms with Crippen molar-refractivity contribution < 1.29 is 18.4 Å². The number of aryl methyl sites for hydroxylation is 1. The summed E-state index contributed by atoms with van der Waals surface area (Å²) in [4.78, 5) is 22.5. The fourth-order valence-electron chi connectivity index (χ4n) is 1.48. The zero-order valence-corrected chi connectivity index (χ0v) is 10.6. The quantitative estimate of drug-likeness (QED) is 0.814. The number of hydrogen-bond acceptors (Lipinski definition) is 2. The van der Waals surface area contributed by atoms with Gasteiger partial charge in [0.1, 0.15) is 0 Å². The van der Waals surface area contributed by atoms with Gasteiger partial charge in [0.15, 0.2) is 11.6 Å². The summed E-state index contributed by atoms with van der Waals surface area (Å²) in [5, 5.41) is 4.99. The molecular formula is C13H16F2N2O2. The summed E-state index contributed by atoms with van der Waals surface area (Å²) in [6, 6.07) is 3.51. The van der Waals surface area contributed by atoms with Gasteiger partial charge in [-0.1, -0.05) is 6.07 Å². The van der Waals surface area contributed by atoms with E-state index in [-0.39, 0.29) is 24.8 Å². The lowest BCUT2D eigenvalue weighted by Crippen LogP contribution is -2.36. The van der Waals surface area contributed by atoms with Gasteiger partial charge in [-0.05, 0) is 31.0 Å². The SMILES string of the molecule is CCNC(=O)CNC(=O)CCc1ccc(F)c(F)c1. The number of carbonyl (C=O) groups is 2. The predicted octanol–water partition coefficient (Wildman–Crippen LogP) is 1.15. The lowest BCUT2D eigenvalue weighted by molar-refractivity contribution is -0.126. The van der Waals surface area contributed by atoms with E-state index in [4.69, 9.17) is 0 Å². The molecule has 19 heavy (non-hydrogen) atoms. The summed E-state index contributed by atoms with van der Waals surface area (Å²) in [5.74, 6) is -2.41. The largest absolute Gasteiger partial charge is 0.355 e. The Kier molecular flexibility index (Phi) is 5.92. The van der Waals surface area contributed by atoms with Crippen molar-refractivity contribution in [2.75, 3.05) is 13.1 Å². The molecule has 0 saturated heterocycles. The van der Waals surface area contributed by atoms with Gasteiger partial charge in [-0.25, -0.2) is 8.78 Å².